The second kappa shape index (κ2) is 8.10. The zero-order valence-electron chi connectivity index (χ0n) is 12.9. The number of halogens is 1. The van der Waals surface area contributed by atoms with Gasteiger partial charge in [0, 0.05) is 29.2 Å². The zero-order valence-corrected chi connectivity index (χ0v) is 13.7. The molecule has 0 spiro atoms. The number of nitrogens with two attached hydrogens (primary N) is 1. The van der Waals surface area contributed by atoms with Crippen LogP contribution in [0.25, 0.3) is 0 Å². The highest BCUT2D eigenvalue weighted by Gasteiger charge is 2.20. The monoisotopic (exact) mass is 314 g/mol. The predicted molar refractivity (Wildman–Crippen MR) is 84.1 cm³/mol. The number of rotatable bonds is 7. The molecule has 1 rings (SSSR count). The van der Waals surface area contributed by atoms with Gasteiger partial charge in [-0.05, 0) is 33.3 Å². The van der Waals surface area contributed by atoms with E-state index in [9.17, 15) is 4.79 Å². The van der Waals surface area contributed by atoms with E-state index in [-0.39, 0.29) is 11.9 Å². The van der Waals surface area contributed by atoms with Gasteiger partial charge in [-0.15, -0.1) is 0 Å². The third kappa shape index (κ3) is 5.10. The van der Waals surface area contributed by atoms with E-state index in [1.54, 1.807) is 19.1 Å². The van der Waals surface area contributed by atoms with Gasteiger partial charge in [-0.3, -0.25) is 4.79 Å². The van der Waals surface area contributed by atoms with Crippen molar-refractivity contribution in [3.8, 4) is 11.5 Å². The van der Waals surface area contributed by atoms with Gasteiger partial charge in [0.2, 0.25) is 0 Å². The summed E-state index contributed by atoms with van der Waals surface area (Å²) in [6.45, 7) is 5.99. The molecule has 118 valence electrons. The highest BCUT2D eigenvalue weighted by atomic mass is 35.5. The second-order valence-corrected chi connectivity index (χ2v) is 5.37. The molecule has 0 saturated heterocycles. The zero-order chi connectivity index (χ0) is 16.0. The Labute approximate surface area is 130 Å². The molecule has 2 unspecified atom stereocenters. The Morgan fingerprint density at radius 3 is 2.62 bits per heavy atom. The van der Waals surface area contributed by atoms with Gasteiger partial charge < -0.3 is 20.5 Å². The Balaban J connectivity index is 3.09. The maximum Gasteiger partial charge on any atom is 0.260 e. The minimum absolute atomic E-state index is 0.0599. The van der Waals surface area contributed by atoms with Gasteiger partial charge >= 0.3 is 0 Å². The number of benzene rings is 1. The van der Waals surface area contributed by atoms with Gasteiger partial charge in [-0.25, -0.2) is 0 Å². The average Bonchev–Trinajstić information content (AvgIpc) is 2.40. The first-order valence-corrected chi connectivity index (χ1v) is 7.33. The fourth-order valence-electron chi connectivity index (χ4n) is 1.95. The largest absolute Gasteiger partial charge is 0.493 e. The number of hydrogen-bond acceptors (Lipinski definition) is 4. The average molecular weight is 315 g/mol. The first-order valence-electron chi connectivity index (χ1n) is 6.95. The topological polar surface area (TPSA) is 73.6 Å². The summed E-state index contributed by atoms with van der Waals surface area (Å²) in [6.07, 6.45) is -0.0548. The van der Waals surface area contributed by atoms with Crippen LogP contribution in [0.5, 0.6) is 11.5 Å². The van der Waals surface area contributed by atoms with Gasteiger partial charge in [-0.2, -0.15) is 0 Å². The van der Waals surface area contributed by atoms with Crippen molar-refractivity contribution in [3.05, 3.63) is 22.7 Å². The second-order valence-electron chi connectivity index (χ2n) is 4.93. The number of hydrogen-bond donors (Lipinski definition) is 2. The molecule has 0 aromatic heterocycles. The lowest BCUT2D eigenvalue weighted by Gasteiger charge is -2.20. The molecule has 1 aromatic carbocycles. The Morgan fingerprint density at radius 1 is 1.43 bits per heavy atom. The van der Waals surface area contributed by atoms with Crippen molar-refractivity contribution in [2.45, 2.75) is 39.3 Å². The van der Waals surface area contributed by atoms with Crippen molar-refractivity contribution in [3.63, 3.8) is 0 Å². The molecule has 3 N–H and O–H groups in total. The molecule has 1 amide bonds. The minimum Gasteiger partial charge on any atom is -0.493 e. The van der Waals surface area contributed by atoms with Crippen molar-refractivity contribution in [2.24, 2.45) is 5.73 Å². The fourth-order valence-corrected chi connectivity index (χ4v) is 2.19. The lowest BCUT2D eigenvalue weighted by molar-refractivity contribution is -0.127. The number of amides is 1. The third-order valence-electron chi connectivity index (χ3n) is 2.87. The summed E-state index contributed by atoms with van der Waals surface area (Å²) in [4.78, 5) is 11.8. The Hall–Kier alpha value is -1.46. The Bertz CT molecular complexity index is 492. The van der Waals surface area contributed by atoms with E-state index in [0.29, 0.717) is 29.5 Å². The van der Waals surface area contributed by atoms with E-state index in [4.69, 9.17) is 26.8 Å². The van der Waals surface area contributed by atoms with E-state index in [0.717, 1.165) is 5.56 Å². The summed E-state index contributed by atoms with van der Waals surface area (Å²) in [5.41, 5.74) is 6.68. The van der Waals surface area contributed by atoms with Gasteiger partial charge in [0.25, 0.3) is 5.91 Å². The molecular formula is C15H23ClN2O3. The highest BCUT2D eigenvalue weighted by molar-refractivity contribution is 6.30. The lowest BCUT2D eigenvalue weighted by Crippen LogP contribution is -2.36. The van der Waals surface area contributed by atoms with Crippen LogP contribution < -0.4 is 20.5 Å². The number of methoxy groups -OCH3 is 1. The van der Waals surface area contributed by atoms with Crippen molar-refractivity contribution in [1.82, 2.24) is 5.32 Å². The molecule has 0 bridgehead atoms. The van der Waals surface area contributed by atoms with Crippen LogP contribution in [0.4, 0.5) is 0 Å². The first-order chi connectivity index (χ1) is 9.88. The molecule has 6 heteroatoms. The Morgan fingerprint density at radius 2 is 2.10 bits per heavy atom. The van der Waals surface area contributed by atoms with E-state index in [1.807, 2.05) is 13.8 Å². The molecule has 21 heavy (non-hydrogen) atoms. The van der Waals surface area contributed by atoms with Gasteiger partial charge in [0.1, 0.15) is 0 Å². The molecule has 0 aliphatic heterocycles. The SMILES string of the molecule is CCNC(=O)C(C)Oc1c(CC(C)N)cc(Cl)cc1OC. The van der Waals surface area contributed by atoms with Gasteiger partial charge in [0.05, 0.1) is 7.11 Å². The van der Waals surface area contributed by atoms with Crippen LogP contribution in [0, 0.1) is 0 Å². The van der Waals surface area contributed by atoms with Crippen LogP contribution in [0.15, 0.2) is 12.1 Å². The van der Waals surface area contributed by atoms with E-state index < -0.39 is 6.10 Å². The fraction of sp³-hybridized carbons (Fsp3) is 0.533. The van der Waals surface area contributed by atoms with Gasteiger partial charge in [0.15, 0.2) is 17.6 Å². The molecule has 0 fully saturated rings. The quantitative estimate of drug-likeness (QED) is 0.808. The van der Waals surface area contributed by atoms with Crippen molar-refractivity contribution in [2.75, 3.05) is 13.7 Å². The Kier molecular flexibility index (Phi) is 6.78. The normalized spacial score (nSPS) is 13.4. The molecule has 0 saturated carbocycles. The summed E-state index contributed by atoms with van der Waals surface area (Å²) >= 11 is 6.08. The van der Waals surface area contributed by atoms with E-state index in [1.165, 1.54) is 7.11 Å². The number of likely N-dealkylation sites (N-methyl/N-ethyl adjacent to an activating group) is 1. The van der Waals surface area contributed by atoms with Crippen molar-refractivity contribution >= 4 is 17.5 Å². The van der Waals surface area contributed by atoms with Crippen LogP contribution in [-0.2, 0) is 11.2 Å². The smallest absolute Gasteiger partial charge is 0.260 e. The van der Waals surface area contributed by atoms with Crippen LogP contribution in [0.3, 0.4) is 0 Å². The van der Waals surface area contributed by atoms with Crippen molar-refractivity contribution in [1.29, 1.82) is 0 Å². The van der Waals surface area contributed by atoms with Crippen LogP contribution in [0.2, 0.25) is 5.02 Å². The van der Waals surface area contributed by atoms with E-state index in [2.05, 4.69) is 5.32 Å². The number of carbonyl (C=O) groups excluding carboxylic acids is 1. The molecule has 0 aliphatic rings. The number of ether oxygens (including phenoxy) is 2. The summed E-state index contributed by atoms with van der Waals surface area (Å²) in [5, 5.41) is 3.26. The predicted octanol–water partition coefficient (Wildman–Crippen LogP) is 2.14. The molecular weight excluding hydrogens is 292 g/mol. The maximum atomic E-state index is 11.8. The highest BCUT2D eigenvalue weighted by Crippen LogP contribution is 2.36. The van der Waals surface area contributed by atoms with Crippen molar-refractivity contribution < 1.29 is 14.3 Å². The molecule has 0 aliphatic carbocycles. The number of nitrogens with one attached hydrogen (secondary N) is 1. The van der Waals surface area contributed by atoms with Crippen LogP contribution in [0.1, 0.15) is 26.3 Å². The summed E-state index contributed by atoms with van der Waals surface area (Å²) in [7, 11) is 1.53. The standard InChI is InChI=1S/C15H23ClN2O3/c1-5-18-15(19)10(3)21-14-11(6-9(2)17)7-12(16)8-13(14)20-4/h7-10H,5-6,17H2,1-4H3,(H,18,19). The lowest BCUT2D eigenvalue weighted by atomic mass is 10.1. The molecule has 0 heterocycles. The summed E-state index contributed by atoms with van der Waals surface area (Å²) in [6, 6.07) is 3.38. The summed E-state index contributed by atoms with van der Waals surface area (Å²) in [5.74, 6) is 0.827. The minimum atomic E-state index is -0.633. The summed E-state index contributed by atoms with van der Waals surface area (Å²) < 4.78 is 11.1. The van der Waals surface area contributed by atoms with Gasteiger partial charge in [-0.1, -0.05) is 11.6 Å². The first kappa shape index (κ1) is 17.6. The molecule has 5 nitrogen and oxygen atoms in total. The maximum absolute atomic E-state index is 11.8. The van der Waals surface area contributed by atoms with Crippen LogP contribution >= 0.6 is 11.6 Å². The van der Waals surface area contributed by atoms with E-state index >= 15 is 0 Å². The molecule has 2 atom stereocenters. The number of carbonyl (C=O) groups is 1. The molecule has 1 aromatic rings. The van der Waals surface area contributed by atoms with Crippen LogP contribution in [-0.4, -0.2) is 31.7 Å². The third-order valence-corrected chi connectivity index (χ3v) is 3.09. The molecule has 0 radical (unpaired) electrons.